The monoisotopic (exact) mass is 147 g/mol. The predicted octanol–water partition coefficient (Wildman–Crippen LogP) is 3.43. The standard InChI is InChI=1S/C11H15/c1-2-4-6-8-10-11-9-7-5-3-1/h1-4,7,9,11H,5-6,8,10H2/b3-1-,4-2-,11-9-. The molecule has 11 heavy (non-hydrogen) atoms. The molecule has 0 unspecified atom stereocenters. The second-order valence-electron chi connectivity index (χ2n) is 2.69. The molecule has 0 N–H and O–H groups in total. The van der Waals surface area contributed by atoms with E-state index in [0.29, 0.717) is 0 Å². The Bertz CT molecular complexity index is 161. The van der Waals surface area contributed by atoms with Gasteiger partial charge in [-0.1, -0.05) is 36.5 Å². The van der Waals surface area contributed by atoms with Crippen molar-refractivity contribution in [1.29, 1.82) is 0 Å². The minimum Gasteiger partial charge on any atom is -0.0882 e. The lowest BCUT2D eigenvalue weighted by atomic mass is 10.2. The summed E-state index contributed by atoms with van der Waals surface area (Å²) < 4.78 is 0. The maximum absolute atomic E-state index is 2.24. The molecule has 1 radical (unpaired) electrons. The third-order valence-electron chi connectivity index (χ3n) is 1.67. The van der Waals surface area contributed by atoms with Gasteiger partial charge in [-0.3, -0.25) is 0 Å². The van der Waals surface area contributed by atoms with Gasteiger partial charge in [0, 0.05) is 0 Å². The van der Waals surface area contributed by atoms with Crippen molar-refractivity contribution < 1.29 is 0 Å². The summed E-state index contributed by atoms with van der Waals surface area (Å²) in [7, 11) is 0. The van der Waals surface area contributed by atoms with Crippen molar-refractivity contribution in [3.63, 3.8) is 0 Å². The summed E-state index contributed by atoms with van der Waals surface area (Å²) in [6.07, 6.45) is 20.0. The molecule has 1 aliphatic rings. The fourth-order valence-corrected chi connectivity index (χ4v) is 1.04. The van der Waals surface area contributed by atoms with Crippen LogP contribution in [0.15, 0.2) is 36.5 Å². The van der Waals surface area contributed by atoms with Crippen LogP contribution in [-0.2, 0) is 0 Å². The predicted molar refractivity (Wildman–Crippen MR) is 50.2 cm³/mol. The van der Waals surface area contributed by atoms with E-state index < -0.39 is 0 Å². The maximum atomic E-state index is 2.24. The van der Waals surface area contributed by atoms with Gasteiger partial charge in [-0.15, -0.1) is 0 Å². The van der Waals surface area contributed by atoms with Gasteiger partial charge in [0.1, 0.15) is 0 Å². The Labute approximate surface area is 69.3 Å². The quantitative estimate of drug-likeness (QED) is 0.492. The lowest BCUT2D eigenvalue weighted by Crippen LogP contribution is -1.68. The molecule has 0 aromatic carbocycles. The molecule has 59 valence electrons. The molecule has 0 heteroatoms. The van der Waals surface area contributed by atoms with Gasteiger partial charge in [0.2, 0.25) is 0 Å². The minimum atomic E-state index is 1.06. The van der Waals surface area contributed by atoms with Crippen LogP contribution in [0, 0.1) is 6.42 Å². The van der Waals surface area contributed by atoms with Gasteiger partial charge >= 0.3 is 0 Å². The molecular weight excluding hydrogens is 132 g/mol. The van der Waals surface area contributed by atoms with Gasteiger partial charge in [-0.25, -0.2) is 0 Å². The van der Waals surface area contributed by atoms with Crippen molar-refractivity contribution in [1.82, 2.24) is 0 Å². The van der Waals surface area contributed by atoms with E-state index in [4.69, 9.17) is 0 Å². The largest absolute Gasteiger partial charge is 0.0882 e. The second-order valence-corrected chi connectivity index (χ2v) is 2.69. The van der Waals surface area contributed by atoms with Gasteiger partial charge in [0.15, 0.2) is 0 Å². The first-order valence-electron chi connectivity index (χ1n) is 4.30. The molecule has 0 fully saturated rings. The van der Waals surface area contributed by atoms with E-state index >= 15 is 0 Å². The van der Waals surface area contributed by atoms with Crippen LogP contribution in [-0.4, -0.2) is 0 Å². The molecule has 0 saturated heterocycles. The van der Waals surface area contributed by atoms with Crippen molar-refractivity contribution in [3.05, 3.63) is 42.9 Å². The molecule has 0 aromatic rings. The highest BCUT2D eigenvalue weighted by atomic mass is 13.9. The van der Waals surface area contributed by atoms with E-state index in [1.165, 1.54) is 19.3 Å². The third-order valence-corrected chi connectivity index (χ3v) is 1.67. The van der Waals surface area contributed by atoms with Crippen LogP contribution in [0.5, 0.6) is 0 Å². The number of rotatable bonds is 0. The lowest BCUT2D eigenvalue weighted by molar-refractivity contribution is 0.867. The fraction of sp³-hybridized carbons (Fsp3) is 0.364. The summed E-state index contributed by atoms with van der Waals surface area (Å²) in [5.41, 5.74) is 0. The first kappa shape index (κ1) is 8.32. The van der Waals surface area contributed by atoms with Crippen molar-refractivity contribution in [2.24, 2.45) is 0 Å². The van der Waals surface area contributed by atoms with E-state index in [1.54, 1.807) is 0 Å². The molecule has 1 aliphatic carbocycles. The van der Waals surface area contributed by atoms with Crippen LogP contribution >= 0.6 is 0 Å². The van der Waals surface area contributed by atoms with Gasteiger partial charge < -0.3 is 0 Å². The van der Waals surface area contributed by atoms with Crippen LogP contribution in [0.4, 0.5) is 0 Å². The number of hydrogen-bond acceptors (Lipinski definition) is 0. The molecule has 0 amide bonds. The van der Waals surface area contributed by atoms with Crippen molar-refractivity contribution >= 4 is 0 Å². The molecule has 0 atom stereocenters. The summed E-state index contributed by atoms with van der Waals surface area (Å²) in [4.78, 5) is 0. The highest BCUT2D eigenvalue weighted by Gasteiger charge is 1.82. The highest BCUT2D eigenvalue weighted by Crippen LogP contribution is 2.01. The molecule has 0 heterocycles. The zero-order chi connectivity index (χ0) is 7.78. The Balaban J connectivity index is 2.34. The van der Waals surface area contributed by atoms with Gasteiger partial charge in [0.25, 0.3) is 0 Å². The fourth-order valence-electron chi connectivity index (χ4n) is 1.04. The second kappa shape index (κ2) is 5.96. The van der Waals surface area contributed by atoms with Crippen molar-refractivity contribution in [2.75, 3.05) is 0 Å². The average Bonchev–Trinajstić information content (AvgIpc) is 2.08. The van der Waals surface area contributed by atoms with E-state index in [-0.39, 0.29) is 0 Å². The van der Waals surface area contributed by atoms with Gasteiger partial charge in [-0.05, 0) is 32.1 Å². The Hall–Kier alpha value is -0.780. The Morgan fingerprint density at radius 2 is 1.45 bits per heavy atom. The first-order valence-corrected chi connectivity index (χ1v) is 4.30. The van der Waals surface area contributed by atoms with Crippen LogP contribution < -0.4 is 0 Å². The molecule has 0 bridgehead atoms. The third kappa shape index (κ3) is 4.60. The minimum absolute atomic E-state index is 1.06. The molecule has 0 spiro atoms. The Morgan fingerprint density at radius 3 is 2.36 bits per heavy atom. The molecule has 0 nitrogen and oxygen atoms in total. The number of hydrogen-bond donors (Lipinski definition) is 0. The summed E-state index contributed by atoms with van der Waals surface area (Å²) in [6, 6.07) is 0. The zero-order valence-electron chi connectivity index (χ0n) is 6.87. The summed E-state index contributed by atoms with van der Waals surface area (Å²) >= 11 is 0. The SMILES string of the molecule is [CH]1/C=C\CCC/C=C\C=C/C1. The highest BCUT2D eigenvalue weighted by molar-refractivity contribution is 5.07. The Morgan fingerprint density at radius 1 is 0.727 bits per heavy atom. The molecule has 0 saturated carbocycles. The van der Waals surface area contributed by atoms with Crippen LogP contribution in [0.1, 0.15) is 25.7 Å². The van der Waals surface area contributed by atoms with E-state index in [9.17, 15) is 0 Å². The Kier molecular flexibility index (Phi) is 4.51. The van der Waals surface area contributed by atoms with Crippen molar-refractivity contribution in [3.8, 4) is 0 Å². The van der Waals surface area contributed by atoms with E-state index in [1.807, 2.05) is 0 Å². The summed E-state index contributed by atoms with van der Waals surface area (Å²) in [5, 5.41) is 0. The maximum Gasteiger partial charge on any atom is -0.0133 e. The molecule has 0 aromatic heterocycles. The summed E-state index contributed by atoms with van der Waals surface area (Å²) in [5.74, 6) is 0. The first-order chi connectivity index (χ1) is 5.50. The lowest BCUT2D eigenvalue weighted by Gasteiger charge is -1.88. The van der Waals surface area contributed by atoms with Crippen LogP contribution in [0.25, 0.3) is 0 Å². The number of allylic oxidation sites excluding steroid dienone is 6. The molecule has 0 aliphatic heterocycles. The smallest absolute Gasteiger partial charge is 0.0133 e. The van der Waals surface area contributed by atoms with Gasteiger partial charge in [-0.2, -0.15) is 0 Å². The topological polar surface area (TPSA) is 0 Å². The normalized spacial score (nSPS) is 28.4. The van der Waals surface area contributed by atoms with E-state index in [0.717, 1.165) is 6.42 Å². The van der Waals surface area contributed by atoms with E-state index in [2.05, 4.69) is 42.9 Å². The average molecular weight is 147 g/mol. The van der Waals surface area contributed by atoms with Crippen LogP contribution in [0.2, 0.25) is 0 Å². The van der Waals surface area contributed by atoms with Crippen molar-refractivity contribution in [2.45, 2.75) is 25.7 Å². The van der Waals surface area contributed by atoms with Crippen LogP contribution in [0.3, 0.4) is 0 Å². The molecule has 1 rings (SSSR count). The summed E-state index contributed by atoms with van der Waals surface area (Å²) in [6.45, 7) is 0. The zero-order valence-corrected chi connectivity index (χ0v) is 6.87. The van der Waals surface area contributed by atoms with Gasteiger partial charge in [0.05, 0.1) is 0 Å². The molecular formula is C11H15.